The summed E-state index contributed by atoms with van der Waals surface area (Å²) in [5.41, 5.74) is 11.8. The number of fused-ring (bicyclic) bond motifs is 1. The summed E-state index contributed by atoms with van der Waals surface area (Å²) in [6.07, 6.45) is 1.60. The second-order valence-electron chi connectivity index (χ2n) is 4.92. The van der Waals surface area contributed by atoms with E-state index in [2.05, 4.69) is 4.99 Å². The maximum absolute atomic E-state index is 12.2. The predicted molar refractivity (Wildman–Crippen MR) is 85.0 cm³/mol. The number of nitrogens with two attached hydrogens (primary N) is 2. The molecule has 0 atom stereocenters. The molecule has 1 aliphatic carbocycles. The van der Waals surface area contributed by atoms with Gasteiger partial charge in [0.25, 0.3) is 5.91 Å². The molecule has 1 amide bonds. The summed E-state index contributed by atoms with van der Waals surface area (Å²) in [7, 11) is -2.33. The Hall–Kier alpha value is -2.55. The van der Waals surface area contributed by atoms with Crippen molar-refractivity contribution in [1.82, 2.24) is 0 Å². The van der Waals surface area contributed by atoms with E-state index in [1.54, 1.807) is 18.2 Å². The number of aliphatic imine (C=N–C) groups is 1. The van der Waals surface area contributed by atoms with E-state index in [1.807, 2.05) is 0 Å². The molecule has 2 rings (SSSR count). The molecule has 8 nitrogen and oxygen atoms in total. The van der Waals surface area contributed by atoms with Crippen molar-refractivity contribution in [3.63, 3.8) is 0 Å². The van der Waals surface area contributed by atoms with Crippen LogP contribution in [0.2, 0.25) is 0 Å². The molecular formula is C14H17N3O5S. The summed E-state index contributed by atoms with van der Waals surface area (Å²) >= 11 is 0. The number of carbonyl (C=O) groups is 1. The number of rotatable bonds is 4. The van der Waals surface area contributed by atoms with E-state index in [9.17, 15) is 13.2 Å². The fourth-order valence-electron chi connectivity index (χ4n) is 2.39. The highest BCUT2D eigenvalue weighted by Crippen LogP contribution is 2.38. The minimum atomic E-state index is -3.84. The molecule has 9 heteroatoms. The summed E-state index contributed by atoms with van der Waals surface area (Å²) in [6, 6.07) is 5.08. The number of methoxy groups -OCH3 is 1. The smallest absolute Gasteiger partial charge is 0.306 e. The average molecular weight is 339 g/mol. The van der Waals surface area contributed by atoms with Crippen molar-refractivity contribution in [2.45, 2.75) is 12.8 Å². The summed E-state index contributed by atoms with van der Waals surface area (Å²) in [6.45, 7) is 0. The molecule has 0 saturated carbocycles. The molecule has 0 aliphatic heterocycles. The Bertz CT molecular complexity index is 808. The number of hydrogen-bond acceptors (Lipinski definition) is 5. The summed E-state index contributed by atoms with van der Waals surface area (Å²) in [5, 5.41) is 0. The lowest BCUT2D eigenvalue weighted by molar-refractivity contribution is -0.114. The minimum absolute atomic E-state index is 0.0670. The van der Waals surface area contributed by atoms with Gasteiger partial charge in [0, 0.05) is 11.1 Å². The van der Waals surface area contributed by atoms with Gasteiger partial charge in [-0.05, 0) is 18.9 Å². The molecule has 4 N–H and O–H groups in total. The molecule has 0 radical (unpaired) electrons. The molecule has 124 valence electrons. The fourth-order valence-corrected chi connectivity index (χ4v) is 2.88. The van der Waals surface area contributed by atoms with Crippen LogP contribution in [0.15, 0.2) is 28.8 Å². The van der Waals surface area contributed by atoms with Crippen molar-refractivity contribution < 1.29 is 22.1 Å². The van der Waals surface area contributed by atoms with Crippen LogP contribution >= 0.6 is 0 Å². The Morgan fingerprint density at radius 1 is 1.26 bits per heavy atom. The van der Waals surface area contributed by atoms with Gasteiger partial charge in [-0.15, -0.1) is 0 Å². The summed E-state index contributed by atoms with van der Waals surface area (Å²) in [4.78, 5) is 15.6. The highest BCUT2D eigenvalue weighted by molar-refractivity contribution is 7.86. The van der Waals surface area contributed by atoms with Crippen molar-refractivity contribution in [3.05, 3.63) is 34.9 Å². The molecule has 0 saturated heterocycles. The molecule has 0 aromatic heterocycles. The van der Waals surface area contributed by atoms with Crippen molar-refractivity contribution in [2.75, 3.05) is 13.4 Å². The van der Waals surface area contributed by atoms with E-state index >= 15 is 0 Å². The quantitative estimate of drug-likeness (QED) is 0.452. The molecule has 0 unspecified atom stereocenters. The Kier molecular flexibility index (Phi) is 4.60. The lowest BCUT2D eigenvalue weighted by Crippen LogP contribution is -2.25. The summed E-state index contributed by atoms with van der Waals surface area (Å²) < 4.78 is 33.5. The first-order valence-corrected chi connectivity index (χ1v) is 8.47. The van der Waals surface area contributed by atoms with Gasteiger partial charge < -0.3 is 20.4 Å². The first kappa shape index (κ1) is 16.8. The molecule has 1 aromatic rings. The highest BCUT2D eigenvalue weighted by atomic mass is 32.2. The second-order valence-corrected chi connectivity index (χ2v) is 6.50. The van der Waals surface area contributed by atoms with Crippen LogP contribution in [0.4, 0.5) is 0 Å². The van der Waals surface area contributed by atoms with Crippen LogP contribution in [0.5, 0.6) is 5.75 Å². The van der Waals surface area contributed by atoms with Gasteiger partial charge in [-0.25, -0.2) is 0 Å². The van der Waals surface area contributed by atoms with Gasteiger partial charge in [0.15, 0.2) is 11.7 Å². The highest BCUT2D eigenvalue weighted by Gasteiger charge is 2.29. The number of carbonyl (C=O) groups excluding carboxylic acids is 1. The minimum Gasteiger partial charge on any atom is -0.496 e. The van der Waals surface area contributed by atoms with Crippen molar-refractivity contribution in [2.24, 2.45) is 16.5 Å². The predicted octanol–water partition coefficient (Wildman–Crippen LogP) is 0.129. The van der Waals surface area contributed by atoms with Crippen LogP contribution < -0.4 is 16.2 Å². The number of amides is 1. The molecule has 0 heterocycles. The maximum atomic E-state index is 12.2. The average Bonchev–Trinajstić information content (AvgIpc) is 2.44. The number of hydrogen-bond donors (Lipinski definition) is 2. The van der Waals surface area contributed by atoms with E-state index in [-0.39, 0.29) is 17.8 Å². The van der Waals surface area contributed by atoms with Crippen LogP contribution in [-0.4, -0.2) is 33.7 Å². The number of benzene rings is 1. The van der Waals surface area contributed by atoms with Gasteiger partial charge in [-0.2, -0.15) is 13.4 Å². The van der Waals surface area contributed by atoms with Crippen LogP contribution in [-0.2, 0) is 25.5 Å². The third kappa shape index (κ3) is 3.81. The zero-order chi connectivity index (χ0) is 17.2. The molecular weight excluding hydrogens is 322 g/mol. The molecule has 0 fully saturated rings. The lowest BCUT2D eigenvalue weighted by atomic mass is 9.89. The first-order chi connectivity index (χ1) is 10.7. The number of nitrogens with zero attached hydrogens (tertiary/aromatic N) is 1. The monoisotopic (exact) mass is 339 g/mol. The maximum Gasteiger partial charge on any atom is 0.306 e. The molecule has 23 heavy (non-hydrogen) atoms. The Labute approximate surface area is 133 Å². The van der Waals surface area contributed by atoms with Gasteiger partial charge in [0.2, 0.25) is 0 Å². The van der Waals surface area contributed by atoms with Crippen molar-refractivity contribution in [3.8, 4) is 5.75 Å². The van der Waals surface area contributed by atoms with Gasteiger partial charge in [0.1, 0.15) is 5.75 Å². The Morgan fingerprint density at radius 2 is 1.96 bits per heavy atom. The zero-order valence-electron chi connectivity index (χ0n) is 12.7. The Morgan fingerprint density at radius 3 is 2.52 bits per heavy atom. The largest absolute Gasteiger partial charge is 0.496 e. The molecule has 1 aromatic carbocycles. The van der Waals surface area contributed by atoms with E-state index < -0.39 is 22.0 Å². The van der Waals surface area contributed by atoms with Crippen LogP contribution in [0, 0.1) is 0 Å². The van der Waals surface area contributed by atoms with E-state index in [0.717, 1.165) is 11.8 Å². The van der Waals surface area contributed by atoms with E-state index in [1.165, 1.54) is 7.11 Å². The van der Waals surface area contributed by atoms with E-state index in [4.69, 9.17) is 20.4 Å². The number of ether oxygens (including phenoxy) is 1. The van der Waals surface area contributed by atoms with Crippen LogP contribution in [0.1, 0.15) is 17.5 Å². The van der Waals surface area contributed by atoms with Crippen molar-refractivity contribution >= 4 is 27.7 Å². The third-order valence-electron chi connectivity index (χ3n) is 3.22. The third-order valence-corrected chi connectivity index (χ3v) is 3.69. The first-order valence-electron chi connectivity index (χ1n) is 6.65. The van der Waals surface area contributed by atoms with Crippen molar-refractivity contribution in [1.29, 1.82) is 0 Å². The van der Waals surface area contributed by atoms with Crippen LogP contribution in [0.25, 0.3) is 5.76 Å². The fraction of sp³-hybridized carbons (Fsp3) is 0.286. The standard InChI is InChI=1S/C14H17N3O5S/c1-21-11-5-3-4-9-8(11)6-7-10(13(18)17-14(15)16)12(9)22-23(2,19)20/h3-5H,6-7H2,1-2H3,(H4,15,16,17,18). The van der Waals surface area contributed by atoms with Crippen LogP contribution in [0.3, 0.4) is 0 Å². The summed E-state index contributed by atoms with van der Waals surface area (Å²) in [5.74, 6) is -0.608. The van der Waals surface area contributed by atoms with Gasteiger partial charge >= 0.3 is 10.1 Å². The molecule has 1 aliphatic rings. The second kappa shape index (κ2) is 6.29. The molecule has 0 spiro atoms. The zero-order valence-corrected chi connectivity index (χ0v) is 13.5. The van der Waals surface area contributed by atoms with Gasteiger partial charge in [0.05, 0.1) is 18.9 Å². The van der Waals surface area contributed by atoms with Gasteiger partial charge in [-0.3, -0.25) is 4.79 Å². The normalized spacial score (nSPS) is 14.0. The number of guanidine groups is 1. The Balaban J connectivity index is 2.66. The topological polar surface area (TPSA) is 134 Å². The van der Waals surface area contributed by atoms with Gasteiger partial charge in [-0.1, -0.05) is 12.1 Å². The SMILES string of the molecule is COc1cccc2c1CCC(C(=O)N=C(N)N)=C2OS(C)(=O)=O. The lowest BCUT2D eigenvalue weighted by Gasteiger charge is -2.22. The van der Waals surface area contributed by atoms with E-state index in [0.29, 0.717) is 17.7 Å². The molecule has 0 bridgehead atoms.